The molecule has 3 rings (SSSR count). The highest BCUT2D eigenvalue weighted by Gasteiger charge is 2.07. The summed E-state index contributed by atoms with van der Waals surface area (Å²) in [7, 11) is 0. The number of rotatable bonds is 3. The summed E-state index contributed by atoms with van der Waals surface area (Å²) in [6.07, 6.45) is 0.784. The van der Waals surface area contributed by atoms with E-state index in [1.165, 1.54) is 0 Å². The molecule has 0 fully saturated rings. The number of hydrogen-bond donors (Lipinski definition) is 4. The highest BCUT2D eigenvalue weighted by molar-refractivity contribution is 5.78. The molecule has 0 saturated carbocycles. The van der Waals surface area contributed by atoms with Gasteiger partial charge in [0.05, 0.1) is 16.7 Å². The predicted octanol–water partition coefficient (Wildman–Crippen LogP) is 1.62. The third kappa shape index (κ3) is 2.51. The van der Waals surface area contributed by atoms with Crippen molar-refractivity contribution in [1.82, 2.24) is 19.9 Å². The Balaban J connectivity index is 1.99. The van der Waals surface area contributed by atoms with Crippen molar-refractivity contribution >= 4 is 22.4 Å². The van der Waals surface area contributed by atoms with Crippen molar-refractivity contribution in [2.24, 2.45) is 10.2 Å². The van der Waals surface area contributed by atoms with Crippen LogP contribution in [0.3, 0.4) is 0 Å². The summed E-state index contributed by atoms with van der Waals surface area (Å²) in [6, 6.07) is 5.18. The Kier molecular flexibility index (Phi) is 3.30. The highest BCUT2D eigenvalue weighted by Crippen LogP contribution is 2.23. The highest BCUT2D eigenvalue weighted by atomic mass is 16.3. The van der Waals surface area contributed by atoms with Crippen LogP contribution in [0.5, 0.6) is 5.88 Å². The van der Waals surface area contributed by atoms with Crippen molar-refractivity contribution in [2.45, 2.75) is 13.3 Å². The third-order valence-corrected chi connectivity index (χ3v) is 3.01. The van der Waals surface area contributed by atoms with Gasteiger partial charge in [0.25, 0.3) is 5.56 Å². The summed E-state index contributed by atoms with van der Waals surface area (Å²) in [5, 5.41) is 17.1. The van der Waals surface area contributed by atoms with Gasteiger partial charge in [-0.15, -0.1) is 5.11 Å². The second-order valence-electron chi connectivity index (χ2n) is 4.54. The number of imidazole rings is 1. The second kappa shape index (κ2) is 5.28. The SMILES string of the molecule is CCc1nc2ccc(N=Nc3c(O)[nH]c(=O)[nH]c3=O)cc2[nH]1. The van der Waals surface area contributed by atoms with Gasteiger partial charge in [0.2, 0.25) is 11.6 Å². The molecule has 0 aliphatic rings. The van der Waals surface area contributed by atoms with Gasteiger partial charge in [0.1, 0.15) is 5.82 Å². The second-order valence-corrected chi connectivity index (χ2v) is 4.54. The molecule has 2 heterocycles. The Morgan fingerprint density at radius 2 is 2.00 bits per heavy atom. The molecule has 4 N–H and O–H groups in total. The fourth-order valence-electron chi connectivity index (χ4n) is 1.95. The topological polar surface area (TPSA) is 139 Å². The molecular formula is C13H12N6O3. The predicted molar refractivity (Wildman–Crippen MR) is 79.0 cm³/mol. The van der Waals surface area contributed by atoms with Gasteiger partial charge in [0, 0.05) is 6.42 Å². The van der Waals surface area contributed by atoms with E-state index in [4.69, 9.17) is 0 Å². The van der Waals surface area contributed by atoms with Crippen molar-refractivity contribution in [2.75, 3.05) is 0 Å². The first-order valence-electron chi connectivity index (χ1n) is 6.52. The zero-order chi connectivity index (χ0) is 15.7. The van der Waals surface area contributed by atoms with Crippen molar-refractivity contribution in [3.05, 3.63) is 44.9 Å². The van der Waals surface area contributed by atoms with Crippen LogP contribution in [0.25, 0.3) is 11.0 Å². The molecule has 0 amide bonds. The van der Waals surface area contributed by atoms with Crippen molar-refractivity contribution in [3.63, 3.8) is 0 Å². The molecule has 9 heteroatoms. The number of H-pyrrole nitrogens is 3. The van der Waals surface area contributed by atoms with Crippen LogP contribution < -0.4 is 11.2 Å². The first-order chi connectivity index (χ1) is 10.6. The Morgan fingerprint density at radius 3 is 2.73 bits per heavy atom. The number of aryl methyl sites for hydroxylation is 1. The van der Waals surface area contributed by atoms with Gasteiger partial charge in [-0.2, -0.15) is 5.11 Å². The number of aromatic hydroxyl groups is 1. The van der Waals surface area contributed by atoms with E-state index in [1.807, 2.05) is 16.9 Å². The van der Waals surface area contributed by atoms with E-state index in [0.29, 0.717) is 5.69 Å². The van der Waals surface area contributed by atoms with Crippen LogP contribution in [0.15, 0.2) is 38.0 Å². The van der Waals surface area contributed by atoms with E-state index in [1.54, 1.807) is 18.2 Å². The van der Waals surface area contributed by atoms with Gasteiger partial charge in [-0.25, -0.2) is 9.78 Å². The van der Waals surface area contributed by atoms with E-state index in [2.05, 4.69) is 20.2 Å². The molecular weight excluding hydrogens is 288 g/mol. The molecule has 112 valence electrons. The molecule has 3 aromatic rings. The van der Waals surface area contributed by atoms with Gasteiger partial charge in [-0.1, -0.05) is 6.92 Å². The lowest BCUT2D eigenvalue weighted by molar-refractivity contribution is 0.450. The minimum atomic E-state index is -0.819. The van der Waals surface area contributed by atoms with Gasteiger partial charge in [-0.05, 0) is 18.2 Å². The Labute approximate surface area is 122 Å². The van der Waals surface area contributed by atoms with Crippen molar-refractivity contribution < 1.29 is 5.11 Å². The lowest BCUT2D eigenvalue weighted by atomic mass is 10.3. The number of hydrogen-bond acceptors (Lipinski definition) is 6. The summed E-state index contributed by atoms with van der Waals surface area (Å²) >= 11 is 0. The van der Waals surface area contributed by atoms with Gasteiger partial charge in [0.15, 0.2) is 0 Å². The van der Waals surface area contributed by atoms with Crippen LogP contribution in [-0.4, -0.2) is 25.0 Å². The normalized spacial score (nSPS) is 11.5. The minimum absolute atomic E-state index is 0.362. The molecule has 0 saturated heterocycles. The molecule has 0 unspecified atom stereocenters. The number of aromatic amines is 3. The zero-order valence-electron chi connectivity index (χ0n) is 11.5. The van der Waals surface area contributed by atoms with Crippen LogP contribution in [0.2, 0.25) is 0 Å². The van der Waals surface area contributed by atoms with E-state index in [-0.39, 0.29) is 5.69 Å². The number of azo groups is 1. The average molecular weight is 300 g/mol. The maximum absolute atomic E-state index is 11.5. The number of fused-ring (bicyclic) bond motifs is 1. The summed E-state index contributed by atoms with van der Waals surface area (Å²) in [5.41, 5.74) is 0.0871. The summed E-state index contributed by atoms with van der Waals surface area (Å²) in [6.45, 7) is 1.99. The van der Waals surface area contributed by atoms with E-state index in [9.17, 15) is 14.7 Å². The molecule has 0 radical (unpaired) electrons. The molecule has 0 atom stereocenters. The maximum atomic E-state index is 11.5. The molecule has 22 heavy (non-hydrogen) atoms. The van der Waals surface area contributed by atoms with Crippen molar-refractivity contribution in [1.29, 1.82) is 0 Å². The van der Waals surface area contributed by atoms with Crippen LogP contribution in [0.1, 0.15) is 12.7 Å². The Morgan fingerprint density at radius 1 is 1.18 bits per heavy atom. The number of benzene rings is 1. The molecule has 0 spiro atoms. The van der Waals surface area contributed by atoms with Gasteiger partial charge < -0.3 is 10.1 Å². The largest absolute Gasteiger partial charge is 0.493 e. The minimum Gasteiger partial charge on any atom is -0.493 e. The summed E-state index contributed by atoms with van der Waals surface area (Å²) in [5.74, 6) is 0.229. The average Bonchev–Trinajstić information content (AvgIpc) is 2.88. The van der Waals surface area contributed by atoms with E-state index in [0.717, 1.165) is 23.3 Å². The smallest absolute Gasteiger partial charge is 0.328 e. The quantitative estimate of drug-likeness (QED) is 0.545. The number of nitrogens with one attached hydrogen (secondary N) is 3. The Hall–Kier alpha value is -3.23. The lowest BCUT2D eigenvalue weighted by Crippen LogP contribution is -2.20. The summed E-state index contributed by atoms with van der Waals surface area (Å²) < 4.78 is 0. The number of aromatic nitrogens is 4. The molecule has 0 aliphatic heterocycles. The monoisotopic (exact) mass is 300 g/mol. The fraction of sp³-hybridized carbons (Fsp3) is 0.154. The third-order valence-electron chi connectivity index (χ3n) is 3.01. The fourth-order valence-corrected chi connectivity index (χ4v) is 1.95. The molecule has 0 aliphatic carbocycles. The van der Waals surface area contributed by atoms with E-state index >= 15 is 0 Å². The van der Waals surface area contributed by atoms with Crippen LogP contribution in [-0.2, 0) is 6.42 Å². The number of nitrogens with zero attached hydrogens (tertiary/aromatic N) is 3. The first-order valence-corrected chi connectivity index (χ1v) is 6.52. The van der Waals surface area contributed by atoms with Gasteiger partial charge in [-0.3, -0.25) is 14.8 Å². The van der Waals surface area contributed by atoms with Crippen LogP contribution >= 0.6 is 0 Å². The maximum Gasteiger partial charge on any atom is 0.328 e. The Bertz CT molecular complexity index is 981. The lowest BCUT2D eigenvalue weighted by Gasteiger charge is -1.95. The van der Waals surface area contributed by atoms with Gasteiger partial charge >= 0.3 is 5.69 Å². The van der Waals surface area contributed by atoms with E-state index < -0.39 is 17.1 Å². The standard InChI is InChI=1S/C13H12N6O3/c1-2-9-14-7-4-3-6(5-8(7)15-9)18-19-10-11(20)16-13(22)17-12(10)21/h3-5H,2H2,1H3,(H,14,15)(H3,16,17,20,21,22). The molecule has 1 aromatic carbocycles. The van der Waals surface area contributed by atoms with Crippen LogP contribution in [0.4, 0.5) is 11.4 Å². The summed E-state index contributed by atoms with van der Waals surface area (Å²) in [4.78, 5) is 34.0. The molecule has 0 bridgehead atoms. The zero-order valence-corrected chi connectivity index (χ0v) is 11.5. The molecule has 2 aromatic heterocycles. The molecule has 9 nitrogen and oxygen atoms in total. The first kappa shape index (κ1) is 13.7. The van der Waals surface area contributed by atoms with Crippen LogP contribution in [0, 0.1) is 0 Å². The van der Waals surface area contributed by atoms with Crippen molar-refractivity contribution in [3.8, 4) is 5.88 Å².